The molecule has 1 fully saturated rings. The summed E-state index contributed by atoms with van der Waals surface area (Å²) in [5.41, 5.74) is 1.14. The molecule has 27 heavy (non-hydrogen) atoms. The van der Waals surface area contributed by atoms with E-state index in [4.69, 9.17) is 4.74 Å². The number of carbonyl (C=O) groups excluding carboxylic acids is 1. The molecule has 1 aromatic carbocycles. The van der Waals surface area contributed by atoms with E-state index in [1.807, 2.05) is 32.0 Å². The topological polar surface area (TPSA) is 69.2 Å². The van der Waals surface area contributed by atoms with Crippen molar-refractivity contribution in [1.29, 1.82) is 0 Å². The molecule has 1 aliphatic heterocycles. The second-order valence-electron chi connectivity index (χ2n) is 6.83. The van der Waals surface area contributed by atoms with E-state index in [1.165, 1.54) is 0 Å². The minimum Gasteiger partial charge on any atom is -0.495 e. The molecule has 0 saturated carbocycles. The average molecular weight is 376 g/mol. The highest BCUT2D eigenvalue weighted by Gasteiger charge is 2.21. The molecule has 0 atom stereocenters. The van der Waals surface area contributed by atoms with Gasteiger partial charge in [-0.05, 0) is 19.1 Å². The molecule has 1 heterocycles. The van der Waals surface area contributed by atoms with Crippen LogP contribution in [0.1, 0.15) is 20.8 Å². The smallest absolute Gasteiger partial charge is 0.222 e. The fourth-order valence-electron chi connectivity index (χ4n) is 3.02. The number of nitrogens with zero attached hydrogens (tertiary/aromatic N) is 3. The van der Waals surface area contributed by atoms with E-state index >= 15 is 0 Å². The lowest BCUT2D eigenvalue weighted by Gasteiger charge is -2.38. The van der Waals surface area contributed by atoms with Gasteiger partial charge in [0.05, 0.1) is 19.3 Å². The molecule has 0 aromatic heterocycles. The van der Waals surface area contributed by atoms with Crippen LogP contribution in [0, 0.1) is 5.92 Å². The highest BCUT2D eigenvalue weighted by Crippen LogP contribution is 2.28. The SMILES string of the molecule is CCNC(=NCCNC(=O)C(C)C)N1CCN(c2ccccc2OC)CC1. The van der Waals surface area contributed by atoms with E-state index in [2.05, 4.69) is 38.4 Å². The number of ether oxygens (including phenoxy) is 1. The summed E-state index contributed by atoms with van der Waals surface area (Å²) in [5, 5.41) is 6.27. The van der Waals surface area contributed by atoms with Crippen LogP contribution in [0.5, 0.6) is 5.75 Å². The predicted molar refractivity (Wildman–Crippen MR) is 111 cm³/mol. The summed E-state index contributed by atoms with van der Waals surface area (Å²) in [5.74, 6) is 1.90. The van der Waals surface area contributed by atoms with Crippen molar-refractivity contribution in [2.75, 3.05) is 57.8 Å². The molecule has 2 rings (SSSR count). The van der Waals surface area contributed by atoms with E-state index in [1.54, 1.807) is 7.11 Å². The predicted octanol–water partition coefficient (Wildman–Crippen LogP) is 1.55. The van der Waals surface area contributed by atoms with Gasteiger partial charge in [0, 0.05) is 45.2 Å². The van der Waals surface area contributed by atoms with Crippen LogP contribution < -0.4 is 20.3 Å². The second-order valence-corrected chi connectivity index (χ2v) is 6.83. The van der Waals surface area contributed by atoms with Crippen LogP contribution in [0.2, 0.25) is 0 Å². The van der Waals surface area contributed by atoms with Crippen molar-refractivity contribution in [2.45, 2.75) is 20.8 Å². The van der Waals surface area contributed by atoms with Crippen LogP contribution in [0.4, 0.5) is 5.69 Å². The number of hydrogen-bond acceptors (Lipinski definition) is 4. The Morgan fingerprint density at radius 1 is 1.19 bits per heavy atom. The average Bonchev–Trinajstić information content (AvgIpc) is 2.70. The van der Waals surface area contributed by atoms with Crippen molar-refractivity contribution in [1.82, 2.24) is 15.5 Å². The fourth-order valence-corrected chi connectivity index (χ4v) is 3.02. The van der Waals surface area contributed by atoms with E-state index in [0.717, 1.165) is 50.1 Å². The number of anilines is 1. The summed E-state index contributed by atoms with van der Waals surface area (Å²) >= 11 is 0. The molecule has 150 valence electrons. The van der Waals surface area contributed by atoms with E-state index in [9.17, 15) is 4.79 Å². The third-order valence-electron chi connectivity index (χ3n) is 4.54. The Kier molecular flexibility index (Phi) is 8.23. The number of piperazine rings is 1. The third-order valence-corrected chi connectivity index (χ3v) is 4.54. The molecule has 2 N–H and O–H groups in total. The van der Waals surface area contributed by atoms with Gasteiger partial charge in [0.25, 0.3) is 0 Å². The molecule has 1 saturated heterocycles. The lowest BCUT2D eigenvalue weighted by atomic mass is 10.2. The molecule has 0 unspecified atom stereocenters. The molecule has 0 radical (unpaired) electrons. The number of para-hydroxylation sites is 2. The van der Waals surface area contributed by atoms with Crippen molar-refractivity contribution >= 4 is 17.6 Å². The van der Waals surface area contributed by atoms with Crippen LogP contribution in [0.3, 0.4) is 0 Å². The fraction of sp³-hybridized carbons (Fsp3) is 0.600. The van der Waals surface area contributed by atoms with Crippen LogP contribution in [0.25, 0.3) is 0 Å². The van der Waals surface area contributed by atoms with E-state index in [0.29, 0.717) is 13.1 Å². The number of hydrogen-bond donors (Lipinski definition) is 2. The van der Waals surface area contributed by atoms with Crippen LogP contribution in [-0.4, -0.2) is 69.7 Å². The standard InChI is InChI=1S/C20H33N5O2/c1-5-21-20(23-11-10-22-19(26)16(2)3)25-14-12-24(13-15-25)17-8-6-7-9-18(17)27-4/h6-9,16H,5,10-15H2,1-4H3,(H,21,23)(H,22,26). The number of guanidine groups is 1. The number of benzene rings is 1. The zero-order valence-corrected chi connectivity index (χ0v) is 17.0. The Hall–Kier alpha value is -2.44. The third kappa shape index (κ3) is 6.05. The molecule has 0 aliphatic carbocycles. The van der Waals surface area contributed by atoms with Gasteiger partial charge in [-0.15, -0.1) is 0 Å². The minimum atomic E-state index is 0.00488. The molecule has 7 nitrogen and oxygen atoms in total. The second kappa shape index (κ2) is 10.6. The van der Waals surface area contributed by atoms with Crippen molar-refractivity contribution in [2.24, 2.45) is 10.9 Å². The molecule has 0 bridgehead atoms. The molecular formula is C20H33N5O2. The highest BCUT2D eigenvalue weighted by molar-refractivity contribution is 5.80. The number of aliphatic imine (C=N–C) groups is 1. The van der Waals surface area contributed by atoms with Crippen molar-refractivity contribution < 1.29 is 9.53 Å². The zero-order chi connectivity index (χ0) is 19.6. The van der Waals surface area contributed by atoms with Crippen molar-refractivity contribution in [3.63, 3.8) is 0 Å². The summed E-state index contributed by atoms with van der Waals surface area (Å²) in [4.78, 5) is 20.9. The Labute approximate surface area is 162 Å². The number of carbonyl (C=O) groups is 1. The van der Waals surface area contributed by atoms with Crippen LogP contribution in [-0.2, 0) is 4.79 Å². The summed E-state index contributed by atoms with van der Waals surface area (Å²) in [6.07, 6.45) is 0. The molecular weight excluding hydrogens is 342 g/mol. The normalized spacial score (nSPS) is 15.1. The number of nitrogens with one attached hydrogen (secondary N) is 2. The minimum absolute atomic E-state index is 0.00488. The Morgan fingerprint density at radius 2 is 1.89 bits per heavy atom. The van der Waals surface area contributed by atoms with Gasteiger partial charge in [0.1, 0.15) is 5.75 Å². The number of methoxy groups -OCH3 is 1. The largest absolute Gasteiger partial charge is 0.495 e. The molecule has 7 heteroatoms. The maximum Gasteiger partial charge on any atom is 0.222 e. The zero-order valence-electron chi connectivity index (χ0n) is 17.0. The van der Waals surface area contributed by atoms with Crippen LogP contribution >= 0.6 is 0 Å². The first-order valence-electron chi connectivity index (χ1n) is 9.75. The van der Waals surface area contributed by atoms with Gasteiger partial charge in [-0.25, -0.2) is 0 Å². The summed E-state index contributed by atoms with van der Waals surface area (Å²) < 4.78 is 5.49. The van der Waals surface area contributed by atoms with Gasteiger partial charge in [0.15, 0.2) is 5.96 Å². The number of rotatable bonds is 7. The monoisotopic (exact) mass is 375 g/mol. The van der Waals surface area contributed by atoms with Crippen molar-refractivity contribution in [3.8, 4) is 5.75 Å². The van der Waals surface area contributed by atoms with Gasteiger partial charge >= 0.3 is 0 Å². The summed E-state index contributed by atoms with van der Waals surface area (Å²) in [6.45, 7) is 11.4. The van der Waals surface area contributed by atoms with Gasteiger partial charge in [-0.1, -0.05) is 26.0 Å². The van der Waals surface area contributed by atoms with Gasteiger partial charge in [-0.2, -0.15) is 0 Å². The number of amides is 1. The maximum atomic E-state index is 11.6. The maximum absolute atomic E-state index is 11.6. The highest BCUT2D eigenvalue weighted by atomic mass is 16.5. The summed E-state index contributed by atoms with van der Waals surface area (Å²) in [6, 6.07) is 8.14. The Bertz CT molecular complexity index is 625. The Morgan fingerprint density at radius 3 is 2.52 bits per heavy atom. The van der Waals surface area contributed by atoms with Crippen molar-refractivity contribution in [3.05, 3.63) is 24.3 Å². The first kappa shape index (κ1) is 20.9. The van der Waals surface area contributed by atoms with Gasteiger partial charge < -0.3 is 25.2 Å². The molecule has 1 aromatic rings. The first-order chi connectivity index (χ1) is 13.1. The van der Waals surface area contributed by atoms with E-state index < -0.39 is 0 Å². The first-order valence-corrected chi connectivity index (χ1v) is 9.75. The van der Waals surface area contributed by atoms with E-state index in [-0.39, 0.29) is 11.8 Å². The van der Waals surface area contributed by atoms with Crippen LogP contribution in [0.15, 0.2) is 29.3 Å². The summed E-state index contributed by atoms with van der Waals surface area (Å²) in [7, 11) is 1.71. The molecule has 1 aliphatic rings. The quantitative estimate of drug-likeness (QED) is 0.430. The van der Waals surface area contributed by atoms with Gasteiger partial charge in [0.2, 0.25) is 5.91 Å². The lowest BCUT2D eigenvalue weighted by molar-refractivity contribution is -0.123. The lowest BCUT2D eigenvalue weighted by Crippen LogP contribution is -2.52. The van der Waals surface area contributed by atoms with Gasteiger partial charge in [-0.3, -0.25) is 9.79 Å². The molecule has 1 amide bonds. The molecule has 0 spiro atoms. The Balaban J connectivity index is 1.90.